The molecular formula is C16H18N4O6S. The number of rotatable bonds is 6. The quantitative estimate of drug-likeness (QED) is 0.502. The van der Waals surface area contributed by atoms with Gasteiger partial charge in [-0.2, -0.15) is 5.10 Å². The van der Waals surface area contributed by atoms with Crippen LogP contribution < -0.4 is 5.32 Å². The van der Waals surface area contributed by atoms with Crippen molar-refractivity contribution in [2.24, 2.45) is 0 Å². The minimum atomic E-state index is -1.28. The van der Waals surface area contributed by atoms with Crippen LogP contribution >= 0.6 is 11.8 Å². The third-order valence-corrected chi connectivity index (χ3v) is 5.52. The molecule has 0 unspecified atom stereocenters. The molecule has 11 heteroatoms. The number of aromatic nitrogens is 2. The van der Waals surface area contributed by atoms with Crippen molar-refractivity contribution in [3.05, 3.63) is 29.2 Å². The summed E-state index contributed by atoms with van der Waals surface area (Å²) in [6.07, 6.45) is 1.66. The van der Waals surface area contributed by atoms with Crippen LogP contribution in [0.5, 0.6) is 0 Å². The van der Waals surface area contributed by atoms with Gasteiger partial charge in [0.1, 0.15) is 29.4 Å². The maximum Gasteiger partial charge on any atom is 0.352 e. The number of fused-ring (bicyclic) bond motifs is 1. The maximum absolute atomic E-state index is 12.5. The second kappa shape index (κ2) is 7.43. The van der Waals surface area contributed by atoms with Crippen molar-refractivity contribution < 1.29 is 29.0 Å². The van der Waals surface area contributed by atoms with Crippen LogP contribution in [0.2, 0.25) is 0 Å². The first-order valence-corrected chi connectivity index (χ1v) is 9.26. The van der Waals surface area contributed by atoms with Gasteiger partial charge >= 0.3 is 11.9 Å². The van der Waals surface area contributed by atoms with Gasteiger partial charge in [-0.3, -0.25) is 24.0 Å². The lowest BCUT2D eigenvalue weighted by atomic mass is 10.0. The number of amides is 2. The summed E-state index contributed by atoms with van der Waals surface area (Å²) in [5.74, 6) is -2.55. The van der Waals surface area contributed by atoms with Gasteiger partial charge in [-0.1, -0.05) is 0 Å². The number of aliphatic carboxylic acids is 1. The molecule has 1 fully saturated rings. The average Bonchev–Trinajstić information content (AvgIpc) is 3.12. The van der Waals surface area contributed by atoms with Gasteiger partial charge in [0.15, 0.2) is 0 Å². The molecule has 0 radical (unpaired) electrons. The minimum Gasteiger partial charge on any atom is -0.477 e. The van der Waals surface area contributed by atoms with Crippen molar-refractivity contribution in [1.29, 1.82) is 0 Å². The Balaban J connectivity index is 1.74. The maximum atomic E-state index is 12.5. The van der Waals surface area contributed by atoms with Gasteiger partial charge in [-0.15, -0.1) is 11.8 Å². The summed E-state index contributed by atoms with van der Waals surface area (Å²) in [6.45, 7) is 3.53. The number of carboxylic acid groups (broad SMARTS) is 1. The number of β-lactam (4-membered cyclic amide) rings is 1. The number of nitrogens with one attached hydrogen (secondary N) is 1. The molecule has 2 N–H and O–H groups in total. The van der Waals surface area contributed by atoms with Gasteiger partial charge in [0.2, 0.25) is 0 Å². The summed E-state index contributed by atoms with van der Waals surface area (Å²) in [4.78, 5) is 48.5. The summed E-state index contributed by atoms with van der Waals surface area (Å²) in [6, 6.07) is 0.715. The molecule has 0 bridgehead atoms. The lowest BCUT2D eigenvalue weighted by Gasteiger charge is -2.49. The van der Waals surface area contributed by atoms with Crippen molar-refractivity contribution in [1.82, 2.24) is 20.0 Å². The summed E-state index contributed by atoms with van der Waals surface area (Å²) in [7, 11) is 0. The van der Waals surface area contributed by atoms with E-state index in [0.717, 1.165) is 4.90 Å². The lowest BCUT2D eigenvalue weighted by molar-refractivity contribution is -0.149. The van der Waals surface area contributed by atoms with Crippen molar-refractivity contribution in [2.75, 3.05) is 12.4 Å². The fourth-order valence-electron chi connectivity index (χ4n) is 2.86. The Kier molecular flexibility index (Phi) is 5.22. The molecule has 10 nitrogen and oxygen atoms in total. The highest BCUT2D eigenvalue weighted by atomic mass is 32.2. The predicted molar refractivity (Wildman–Crippen MR) is 93.5 cm³/mol. The highest BCUT2D eigenvalue weighted by Crippen LogP contribution is 2.40. The van der Waals surface area contributed by atoms with Gasteiger partial charge < -0.3 is 15.2 Å². The van der Waals surface area contributed by atoms with Crippen LogP contribution in [-0.2, 0) is 25.7 Å². The SMILES string of the molecule is CCn1ccc(C(=O)N[C@H]2C(=O)N3C(C(=O)O)=C(COC(C)=O)CS[C@H]23)n1. The lowest BCUT2D eigenvalue weighted by Crippen LogP contribution is -2.70. The molecule has 144 valence electrons. The first-order chi connectivity index (χ1) is 12.8. The van der Waals surface area contributed by atoms with Gasteiger partial charge in [0, 0.05) is 31.0 Å². The predicted octanol–water partition coefficient (Wildman–Crippen LogP) is -0.182. The molecular weight excluding hydrogens is 376 g/mol. The Morgan fingerprint density at radius 3 is 2.78 bits per heavy atom. The number of ether oxygens (including phenoxy) is 1. The molecule has 2 atom stereocenters. The normalized spacial score (nSPS) is 21.4. The third kappa shape index (κ3) is 3.54. The van der Waals surface area contributed by atoms with Crippen molar-refractivity contribution in [2.45, 2.75) is 31.8 Å². The number of aryl methyl sites for hydroxylation is 1. The third-order valence-electron chi connectivity index (χ3n) is 4.18. The van der Waals surface area contributed by atoms with E-state index in [1.807, 2.05) is 6.92 Å². The molecule has 0 saturated carbocycles. The highest BCUT2D eigenvalue weighted by Gasteiger charge is 2.54. The van der Waals surface area contributed by atoms with Crippen LogP contribution in [-0.4, -0.2) is 67.3 Å². The zero-order valence-electron chi connectivity index (χ0n) is 14.7. The molecule has 0 spiro atoms. The molecule has 3 rings (SSSR count). The van der Waals surface area contributed by atoms with Crippen molar-refractivity contribution in [3.8, 4) is 0 Å². The molecule has 27 heavy (non-hydrogen) atoms. The second-order valence-corrected chi connectivity index (χ2v) is 7.06. The topological polar surface area (TPSA) is 131 Å². The van der Waals surface area contributed by atoms with Gasteiger partial charge in [-0.05, 0) is 13.0 Å². The first-order valence-electron chi connectivity index (χ1n) is 8.21. The Hall–Kier alpha value is -2.82. The monoisotopic (exact) mass is 394 g/mol. The molecule has 2 aliphatic rings. The van der Waals surface area contributed by atoms with Crippen molar-refractivity contribution in [3.63, 3.8) is 0 Å². The van der Waals surface area contributed by atoms with E-state index in [4.69, 9.17) is 4.74 Å². The second-order valence-electron chi connectivity index (χ2n) is 5.96. The van der Waals surface area contributed by atoms with Crippen molar-refractivity contribution >= 4 is 35.5 Å². The number of nitrogens with zero attached hydrogens (tertiary/aromatic N) is 3. The molecule has 1 saturated heterocycles. The smallest absolute Gasteiger partial charge is 0.352 e. The standard InChI is InChI=1S/C16H18N4O6S/c1-3-19-5-4-10(18-19)13(22)17-11-14(23)20-12(16(24)25)9(6-26-8(2)21)7-27-15(11)20/h4-5,11,15H,3,6-7H2,1-2H3,(H,17,22)(H,24,25)/t11-,15+/m0/s1. The van der Waals surface area contributed by atoms with E-state index in [1.165, 1.54) is 18.7 Å². The number of thioether (sulfide) groups is 1. The summed E-state index contributed by atoms with van der Waals surface area (Å²) in [5, 5.41) is 15.7. The number of carbonyl (C=O) groups excluding carboxylic acids is 3. The number of carbonyl (C=O) groups is 4. The summed E-state index contributed by atoms with van der Waals surface area (Å²) < 4.78 is 6.46. The largest absolute Gasteiger partial charge is 0.477 e. The van der Waals surface area contributed by atoms with Gasteiger partial charge in [0.25, 0.3) is 11.8 Å². The summed E-state index contributed by atoms with van der Waals surface area (Å²) in [5.41, 5.74) is 0.345. The van der Waals surface area contributed by atoms with Crippen LogP contribution in [0.25, 0.3) is 0 Å². The first kappa shape index (κ1) is 19.0. The van der Waals surface area contributed by atoms with Crippen LogP contribution in [0.3, 0.4) is 0 Å². The molecule has 0 aliphatic carbocycles. The Bertz CT molecular complexity index is 848. The Morgan fingerprint density at radius 2 is 2.19 bits per heavy atom. The number of carboxylic acids is 1. The zero-order valence-corrected chi connectivity index (χ0v) is 15.5. The summed E-state index contributed by atoms with van der Waals surface area (Å²) >= 11 is 1.30. The Morgan fingerprint density at radius 1 is 1.44 bits per heavy atom. The average molecular weight is 394 g/mol. The Labute approximate surface area is 158 Å². The van der Waals surface area contributed by atoms with E-state index >= 15 is 0 Å². The molecule has 0 aromatic carbocycles. The molecule has 2 aliphatic heterocycles. The van der Waals surface area contributed by atoms with E-state index in [9.17, 15) is 24.3 Å². The molecule has 2 amide bonds. The number of hydrogen-bond donors (Lipinski definition) is 2. The molecule has 1 aromatic rings. The van der Waals surface area contributed by atoms with Crippen LogP contribution in [0.4, 0.5) is 0 Å². The van der Waals surface area contributed by atoms with E-state index in [2.05, 4.69) is 10.4 Å². The minimum absolute atomic E-state index is 0.188. The number of hydrogen-bond acceptors (Lipinski definition) is 7. The molecule has 3 heterocycles. The van der Waals surface area contributed by atoms with E-state index in [1.54, 1.807) is 16.9 Å². The van der Waals surface area contributed by atoms with E-state index in [-0.39, 0.29) is 23.8 Å². The van der Waals surface area contributed by atoms with E-state index in [0.29, 0.717) is 12.1 Å². The zero-order chi connectivity index (χ0) is 19.7. The number of esters is 1. The highest BCUT2D eigenvalue weighted by molar-refractivity contribution is 8.00. The van der Waals surface area contributed by atoms with Crippen LogP contribution in [0, 0.1) is 0 Å². The molecule has 1 aromatic heterocycles. The van der Waals surface area contributed by atoms with Crippen LogP contribution in [0.1, 0.15) is 24.3 Å². The van der Waals surface area contributed by atoms with Gasteiger partial charge in [0.05, 0.1) is 0 Å². The van der Waals surface area contributed by atoms with Crippen LogP contribution in [0.15, 0.2) is 23.5 Å². The fraction of sp³-hybridized carbons (Fsp3) is 0.438. The fourth-order valence-corrected chi connectivity index (χ4v) is 4.18. The van der Waals surface area contributed by atoms with E-state index < -0.39 is 35.2 Å². The van der Waals surface area contributed by atoms with Gasteiger partial charge in [-0.25, -0.2) is 4.79 Å².